The molecule has 0 fully saturated rings. The van der Waals surface area contributed by atoms with Gasteiger partial charge in [-0.05, 0) is 47.5 Å². The lowest BCUT2D eigenvalue weighted by Crippen LogP contribution is -2.35. The first-order valence-electron chi connectivity index (χ1n) is 7.83. The van der Waals surface area contributed by atoms with Crippen LogP contribution in [0.15, 0.2) is 28.7 Å². The average Bonchev–Trinajstić information content (AvgIpc) is 2.90. The number of hydrogen-bond donors (Lipinski definition) is 2. The number of amides is 2. The molecule has 0 radical (unpaired) electrons. The zero-order chi connectivity index (χ0) is 19.4. The quantitative estimate of drug-likeness (QED) is 0.725. The van der Waals surface area contributed by atoms with Gasteiger partial charge in [-0.1, -0.05) is 12.1 Å². The van der Waals surface area contributed by atoms with Gasteiger partial charge in [0, 0.05) is 17.2 Å². The van der Waals surface area contributed by atoms with Crippen LogP contribution in [0.5, 0.6) is 0 Å². The van der Waals surface area contributed by atoms with E-state index >= 15 is 0 Å². The van der Waals surface area contributed by atoms with Crippen molar-refractivity contribution in [1.82, 2.24) is 9.88 Å². The Kier molecular flexibility index (Phi) is 6.20. The van der Waals surface area contributed by atoms with Gasteiger partial charge < -0.3 is 19.9 Å². The van der Waals surface area contributed by atoms with Crippen LogP contribution in [0.3, 0.4) is 0 Å². The third-order valence-electron chi connectivity index (χ3n) is 3.92. The Balaban J connectivity index is 2.11. The van der Waals surface area contributed by atoms with Gasteiger partial charge in [-0.25, -0.2) is 4.79 Å². The van der Waals surface area contributed by atoms with Crippen molar-refractivity contribution < 1.29 is 19.1 Å². The number of aromatic amines is 1. The maximum absolute atomic E-state index is 12.7. The molecule has 1 aromatic heterocycles. The summed E-state index contributed by atoms with van der Waals surface area (Å²) in [5, 5.41) is 2.74. The summed E-state index contributed by atoms with van der Waals surface area (Å²) in [6, 6.07) is 7.20. The molecular formula is C18H20BrN3O4. The van der Waals surface area contributed by atoms with Crippen LogP contribution in [0.25, 0.3) is 0 Å². The number of rotatable bonds is 5. The number of para-hydroxylation sites is 1. The predicted molar refractivity (Wildman–Crippen MR) is 101 cm³/mol. The number of aryl methyl sites for hydroxylation is 1. The van der Waals surface area contributed by atoms with E-state index < -0.39 is 5.97 Å². The lowest BCUT2D eigenvalue weighted by atomic mass is 10.1. The van der Waals surface area contributed by atoms with E-state index in [4.69, 9.17) is 4.74 Å². The van der Waals surface area contributed by atoms with Crippen LogP contribution in [0.1, 0.15) is 32.1 Å². The van der Waals surface area contributed by atoms with Gasteiger partial charge in [0.1, 0.15) is 5.69 Å². The number of nitrogens with zero attached hydrogens (tertiary/aromatic N) is 1. The standard InChI is InChI=1S/C18H20BrN3O4/c1-10-15(18(25)26-4)11(2)20-16(10)17(24)22(3)9-14(23)21-13-8-6-5-7-12(13)19/h5-8,20H,9H2,1-4H3,(H,21,23). The van der Waals surface area contributed by atoms with Crippen LogP contribution in [0, 0.1) is 13.8 Å². The average molecular weight is 422 g/mol. The summed E-state index contributed by atoms with van der Waals surface area (Å²) < 4.78 is 5.49. The molecule has 138 valence electrons. The predicted octanol–water partition coefficient (Wildman–Crippen LogP) is 2.89. The lowest BCUT2D eigenvalue weighted by molar-refractivity contribution is -0.116. The highest BCUT2D eigenvalue weighted by Gasteiger charge is 2.25. The van der Waals surface area contributed by atoms with Crippen molar-refractivity contribution in [3.63, 3.8) is 0 Å². The molecule has 2 N–H and O–H groups in total. The number of aromatic nitrogens is 1. The van der Waals surface area contributed by atoms with Gasteiger partial charge >= 0.3 is 5.97 Å². The second-order valence-corrected chi connectivity index (χ2v) is 6.66. The molecule has 0 aliphatic carbocycles. The third-order valence-corrected chi connectivity index (χ3v) is 4.61. The van der Waals surface area contributed by atoms with E-state index in [1.807, 2.05) is 12.1 Å². The summed E-state index contributed by atoms with van der Waals surface area (Å²) in [6.07, 6.45) is 0. The molecular weight excluding hydrogens is 402 g/mol. The SMILES string of the molecule is COC(=O)c1c(C)[nH]c(C(=O)N(C)CC(=O)Nc2ccccc2Br)c1C. The number of likely N-dealkylation sites (N-methyl/N-ethyl adjacent to an activating group) is 1. The van der Waals surface area contributed by atoms with E-state index in [2.05, 4.69) is 26.2 Å². The number of carbonyl (C=O) groups is 3. The van der Waals surface area contributed by atoms with Gasteiger partial charge in [0.2, 0.25) is 5.91 Å². The molecule has 0 atom stereocenters. The van der Waals surface area contributed by atoms with E-state index in [-0.39, 0.29) is 24.1 Å². The van der Waals surface area contributed by atoms with Crippen LogP contribution in [0.2, 0.25) is 0 Å². The first-order valence-corrected chi connectivity index (χ1v) is 8.62. The minimum absolute atomic E-state index is 0.134. The molecule has 0 aliphatic rings. The molecule has 0 saturated carbocycles. The summed E-state index contributed by atoms with van der Waals surface area (Å²) in [5.74, 6) is -1.23. The molecule has 0 bridgehead atoms. The zero-order valence-electron chi connectivity index (χ0n) is 15.0. The van der Waals surface area contributed by atoms with Crippen molar-refractivity contribution in [2.24, 2.45) is 0 Å². The molecule has 26 heavy (non-hydrogen) atoms. The van der Waals surface area contributed by atoms with E-state index in [1.165, 1.54) is 19.1 Å². The van der Waals surface area contributed by atoms with Crippen LogP contribution in [0.4, 0.5) is 5.69 Å². The van der Waals surface area contributed by atoms with Crippen molar-refractivity contribution in [3.8, 4) is 0 Å². The van der Waals surface area contributed by atoms with Gasteiger partial charge in [0.25, 0.3) is 5.91 Å². The van der Waals surface area contributed by atoms with Crippen molar-refractivity contribution in [1.29, 1.82) is 0 Å². The van der Waals surface area contributed by atoms with E-state index in [1.54, 1.807) is 26.0 Å². The molecule has 2 rings (SSSR count). The highest BCUT2D eigenvalue weighted by Crippen LogP contribution is 2.22. The molecule has 0 spiro atoms. The third kappa shape index (κ3) is 4.13. The summed E-state index contributed by atoms with van der Waals surface area (Å²) >= 11 is 3.35. The summed E-state index contributed by atoms with van der Waals surface area (Å²) in [6.45, 7) is 3.22. The van der Waals surface area contributed by atoms with Crippen molar-refractivity contribution in [3.05, 3.63) is 51.3 Å². The molecule has 0 saturated heterocycles. The Bertz CT molecular complexity index is 860. The van der Waals surface area contributed by atoms with Gasteiger partial charge in [-0.2, -0.15) is 0 Å². The van der Waals surface area contributed by atoms with Crippen LogP contribution >= 0.6 is 15.9 Å². The second-order valence-electron chi connectivity index (χ2n) is 5.81. The van der Waals surface area contributed by atoms with E-state index in [0.29, 0.717) is 22.5 Å². The maximum atomic E-state index is 12.7. The summed E-state index contributed by atoms with van der Waals surface area (Å²) in [7, 11) is 2.81. The molecule has 1 aromatic carbocycles. The molecule has 2 amide bonds. The molecule has 0 unspecified atom stereocenters. The number of methoxy groups -OCH3 is 1. The number of hydrogen-bond acceptors (Lipinski definition) is 4. The summed E-state index contributed by atoms with van der Waals surface area (Å²) in [5.41, 5.74) is 2.26. The Morgan fingerprint density at radius 2 is 1.88 bits per heavy atom. The molecule has 8 heteroatoms. The fourth-order valence-corrected chi connectivity index (χ4v) is 2.99. The normalized spacial score (nSPS) is 10.3. The maximum Gasteiger partial charge on any atom is 0.339 e. The van der Waals surface area contributed by atoms with E-state index in [9.17, 15) is 14.4 Å². The highest BCUT2D eigenvalue weighted by molar-refractivity contribution is 9.10. The number of benzene rings is 1. The minimum Gasteiger partial charge on any atom is -0.465 e. The van der Waals surface area contributed by atoms with Crippen molar-refractivity contribution in [2.45, 2.75) is 13.8 Å². The second kappa shape index (κ2) is 8.18. The van der Waals surface area contributed by atoms with Crippen molar-refractivity contribution >= 4 is 39.4 Å². The fraction of sp³-hybridized carbons (Fsp3) is 0.278. The Morgan fingerprint density at radius 1 is 1.23 bits per heavy atom. The Morgan fingerprint density at radius 3 is 2.50 bits per heavy atom. The Hall–Kier alpha value is -2.61. The van der Waals surface area contributed by atoms with Crippen molar-refractivity contribution in [2.75, 3.05) is 26.0 Å². The van der Waals surface area contributed by atoms with Crippen LogP contribution in [-0.4, -0.2) is 48.4 Å². The van der Waals surface area contributed by atoms with Crippen LogP contribution < -0.4 is 5.32 Å². The topological polar surface area (TPSA) is 91.5 Å². The first kappa shape index (κ1) is 19.7. The first-order chi connectivity index (χ1) is 12.3. The Labute approximate surface area is 159 Å². The number of anilines is 1. The largest absolute Gasteiger partial charge is 0.465 e. The lowest BCUT2D eigenvalue weighted by Gasteiger charge is -2.17. The van der Waals surface area contributed by atoms with Gasteiger partial charge in [-0.15, -0.1) is 0 Å². The van der Waals surface area contributed by atoms with Gasteiger partial charge in [0.05, 0.1) is 24.9 Å². The zero-order valence-corrected chi connectivity index (χ0v) is 16.6. The van der Waals surface area contributed by atoms with Gasteiger partial charge in [-0.3, -0.25) is 9.59 Å². The molecule has 1 heterocycles. The minimum atomic E-state index is -0.510. The van der Waals surface area contributed by atoms with E-state index in [0.717, 1.165) is 4.47 Å². The number of carbonyl (C=O) groups excluding carboxylic acids is 3. The fourth-order valence-electron chi connectivity index (χ4n) is 2.60. The smallest absolute Gasteiger partial charge is 0.339 e. The monoisotopic (exact) mass is 421 g/mol. The van der Waals surface area contributed by atoms with Crippen LogP contribution in [-0.2, 0) is 9.53 Å². The number of H-pyrrole nitrogens is 1. The number of halogens is 1. The number of ether oxygens (including phenoxy) is 1. The molecule has 0 aliphatic heterocycles. The number of nitrogens with one attached hydrogen (secondary N) is 2. The highest BCUT2D eigenvalue weighted by atomic mass is 79.9. The molecule has 7 nitrogen and oxygen atoms in total. The molecule has 2 aromatic rings. The summed E-state index contributed by atoms with van der Waals surface area (Å²) in [4.78, 5) is 40.9. The van der Waals surface area contributed by atoms with Gasteiger partial charge in [0.15, 0.2) is 0 Å². The number of esters is 1.